The Kier molecular flexibility index (Phi) is 5.06. The van der Waals surface area contributed by atoms with Gasteiger partial charge >= 0.3 is 0 Å². The topological polar surface area (TPSA) is 74.5 Å². The Morgan fingerprint density at radius 3 is 2.48 bits per heavy atom. The van der Waals surface area contributed by atoms with Crippen LogP contribution in [-0.4, -0.2) is 29.6 Å². The summed E-state index contributed by atoms with van der Waals surface area (Å²) in [6, 6.07) is 4.37. The molecule has 0 saturated heterocycles. The Balaban J connectivity index is 1.78. The van der Waals surface area contributed by atoms with E-state index in [0.29, 0.717) is 24.4 Å². The summed E-state index contributed by atoms with van der Waals surface area (Å²) in [7, 11) is 0. The highest BCUT2D eigenvalue weighted by Gasteiger charge is 2.29. The first kappa shape index (κ1) is 16.0. The van der Waals surface area contributed by atoms with Gasteiger partial charge in [0, 0.05) is 25.6 Å². The van der Waals surface area contributed by atoms with Crippen molar-refractivity contribution < 1.29 is 14.3 Å². The first-order valence-electron chi connectivity index (χ1n) is 7.66. The maximum Gasteiger partial charge on any atom is 0.217 e. The van der Waals surface area contributed by atoms with Crippen LogP contribution in [0.2, 0.25) is 0 Å². The van der Waals surface area contributed by atoms with Gasteiger partial charge in [-0.25, -0.2) is 0 Å². The van der Waals surface area contributed by atoms with Crippen LogP contribution in [0.4, 0.5) is 0 Å². The molecule has 1 saturated carbocycles. The number of amides is 1. The molecule has 1 aromatic rings. The molecule has 1 unspecified atom stereocenters. The SMILES string of the molecule is CC(=O)NC1CCC(NCC(C)(O)c2ccc(C)o2)CC1. The molecule has 1 heterocycles. The fourth-order valence-electron chi connectivity index (χ4n) is 2.88. The van der Waals surface area contributed by atoms with E-state index in [4.69, 9.17) is 4.42 Å². The Labute approximate surface area is 126 Å². The lowest BCUT2D eigenvalue weighted by atomic mass is 9.90. The van der Waals surface area contributed by atoms with Crippen molar-refractivity contribution in [3.8, 4) is 0 Å². The van der Waals surface area contributed by atoms with Crippen LogP contribution in [-0.2, 0) is 10.4 Å². The second-order valence-electron chi connectivity index (χ2n) is 6.31. The van der Waals surface area contributed by atoms with Crippen molar-refractivity contribution in [2.75, 3.05) is 6.54 Å². The molecule has 1 aliphatic rings. The number of nitrogens with one attached hydrogen (secondary N) is 2. The van der Waals surface area contributed by atoms with E-state index in [1.54, 1.807) is 13.8 Å². The molecule has 0 bridgehead atoms. The minimum atomic E-state index is -0.997. The maximum absolute atomic E-state index is 11.0. The normalized spacial score (nSPS) is 25.3. The van der Waals surface area contributed by atoms with Crippen molar-refractivity contribution in [3.63, 3.8) is 0 Å². The Morgan fingerprint density at radius 1 is 1.33 bits per heavy atom. The van der Waals surface area contributed by atoms with E-state index in [9.17, 15) is 9.90 Å². The lowest BCUT2D eigenvalue weighted by Crippen LogP contribution is -2.45. The van der Waals surface area contributed by atoms with Crippen LogP contribution in [0.5, 0.6) is 0 Å². The number of rotatable bonds is 5. The van der Waals surface area contributed by atoms with E-state index < -0.39 is 5.60 Å². The van der Waals surface area contributed by atoms with Gasteiger partial charge in [0.05, 0.1) is 0 Å². The van der Waals surface area contributed by atoms with Crippen LogP contribution in [0.3, 0.4) is 0 Å². The van der Waals surface area contributed by atoms with Gasteiger partial charge in [0.15, 0.2) is 0 Å². The molecule has 0 spiro atoms. The molecule has 0 aromatic carbocycles. The fraction of sp³-hybridized carbons (Fsp3) is 0.688. The summed E-state index contributed by atoms with van der Waals surface area (Å²) in [6.45, 7) is 5.67. The predicted octanol–water partition coefficient (Wildman–Crippen LogP) is 1.83. The number of aryl methyl sites for hydroxylation is 1. The highest BCUT2D eigenvalue weighted by Crippen LogP contribution is 2.24. The van der Waals surface area contributed by atoms with Gasteiger partial charge in [0.1, 0.15) is 17.1 Å². The summed E-state index contributed by atoms with van der Waals surface area (Å²) in [5.74, 6) is 1.45. The molecule has 2 rings (SSSR count). The second kappa shape index (κ2) is 6.62. The van der Waals surface area contributed by atoms with Crippen molar-refractivity contribution in [1.82, 2.24) is 10.6 Å². The highest BCUT2D eigenvalue weighted by molar-refractivity contribution is 5.73. The minimum absolute atomic E-state index is 0.0440. The molecular formula is C16H26N2O3. The summed E-state index contributed by atoms with van der Waals surface area (Å²) in [5, 5.41) is 16.9. The van der Waals surface area contributed by atoms with Crippen LogP contribution < -0.4 is 10.6 Å². The van der Waals surface area contributed by atoms with E-state index in [1.165, 1.54) is 0 Å². The maximum atomic E-state index is 11.0. The van der Waals surface area contributed by atoms with Crippen molar-refractivity contribution in [3.05, 3.63) is 23.7 Å². The quantitative estimate of drug-likeness (QED) is 0.774. The van der Waals surface area contributed by atoms with Crippen molar-refractivity contribution in [2.24, 2.45) is 0 Å². The van der Waals surface area contributed by atoms with Crippen LogP contribution in [0.25, 0.3) is 0 Å². The van der Waals surface area contributed by atoms with Crippen molar-refractivity contribution in [2.45, 2.75) is 64.1 Å². The van der Waals surface area contributed by atoms with E-state index in [1.807, 2.05) is 19.1 Å². The zero-order valence-electron chi connectivity index (χ0n) is 13.1. The lowest BCUT2D eigenvalue weighted by Gasteiger charge is -2.31. The second-order valence-corrected chi connectivity index (χ2v) is 6.31. The highest BCUT2D eigenvalue weighted by atomic mass is 16.4. The van der Waals surface area contributed by atoms with Crippen LogP contribution in [0, 0.1) is 6.92 Å². The Morgan fingerprint density at radius 2 is 1.95 bits per heavy atom. The van der Waals surface area contributed by atoms with Crippen LogP contribution >= 0.6 is 0 Å². The molecule has 1 aliphatic carbocycles. The largest absolute Gasteiger partial charge is 0.463 e. The van der Waals surface area contributed by atoms with Crippen LogP contribution in [0.15, 0.2) is 16.5 Å². The standard InChI is InChI=1S/C16H26N2O3/c1-11-4-9-15(21-11)16(3,20)10-17-13-5-7-14(8-6-13)18-12(2)19/h4,9,13-14,17,20H,5-8,10H2,1-3H3,(H,18,19). The summed E-state index contributed by atoms with van der Waals surface area (Å²) >= 11 is 0. The van der Waals surface area contributed by atoms with Gasteiger partial charge < -0.3 is 20.2 Å². The number of furan rings is 1. The summed E-state index contributed by atoms with van der Waals surface area (Å²) in [6.07, 6.45) is 3.99. The third-order valence-electron chi connectivity index (χ3n) is 4.14. The molecule has 1 fully saturated rings. The zero-order chi connectivity index (χ0) is 15.5. The lowest BCUT2D eigenvalue weighted by molar-refractivity contribution is -0.119. The smallest absolute Gasteiger partial charge is 0.217 e. The van der Waals surface area contributed by atoms with Gasteiger partial charge in [-0.15, -0.1) is 0 Å². The molecule has 21 heavy (non-hydrogen) atoms. The number of aliphatic hydroxyl groups is 1. The Bertz CT molecular complexity index is 474. The predicted molar refractivity (Wildman–Crippen MR) is 80.9 cm³/mol. The molecule has 3 N–H and O–H groups in total. The Hall–Kier alpha value is -1.33. The van der Waals surface area contributed by atoms with Gasteiger partial charge in [0.2, 0.25) is 5.91 Å². The molecule has 0 aliphatic heterocycles. The monoisotopic (exact) mass is 294 g/mol. The average molecular weight is 294 g/mol. The van der Waals surface area contributed by atoms with Gasteiger partial charge in [-0.3, -0.25) is 4.79 Å². The van der Waals surface area contributed by atoms with E-state index in [2.05, 4.69) is 10.6 Å². The summed E-state index contributed by atoms with van der Waals surface area (Å²) in [5.41, 5.74) is -0.997. The van der Waals surface area contributed by atoms with Gasteiger partial charge in [-0.1, -0.05) is 0 Å². The first-order valence-corrected chi connectivity index (χ1v) is 7.66. The van der Waals surface area contributed by atoms with Crippen molar-refractivity contribution >= 4 is 5.91 Å². The molecule has 5 heteroatoms. The number of carbonyl (C=O) groups excluding carboxylic acids is 1. The number of hydrogen-bond donors (Lipinski definition) is 3. The van der Waals surface area contributed by atoms with E-state index in [-0.39, 0.29) is 5.91 Å². The molecule has 1 atom stereocenters. The van der Waals surface area contributed by atoms with Gasteiger partial charge in [-0.2, -0.15) is 0 Å². The summed E-state index contributed by atoms with van der Waals surface area (Å²) in [4.78, 5) is 11.0. The molecule has 118 valence electrons. The van der Waals surface area contributed by atoms with Gasteiger partial charge in [-0.05, 0) is 51.7 Å². The molecule has 5 nitrogen and oxygen atoms in total. The molecule has 1 aromatic heterocycles. The molecular weight excluding hydrogens is 268 g/mol. The zero-order valence-corrected chi connectivity index (χ0v) is 13.1. The molecule has 0 radical (unpaired) electrons. The summed E-state index contributed by atoms with van der Waals surface area (Å²) < 4.78 is 5.51. The number of carbonyl (C=O) groups is 1. The average Bonchev–Trinajstić information content (AvgIpc) is 2.85. The first-order chi connectivity index (χ1) is 9.87. The van der Waals surface area contributed by atoms with Crippen LogP contribution in [0.1, 0.15) is 51.1 Å². The van der Waals surface area contributed by atoms with Gasteiger partial charge in [0.25, 0.3) is 0 Å². The molecule has 1 amide bonds. The number of hydrogen-bond acceptors (Lipinski definition) is 4. The van der Waals surface area contributed by atoms with E-state index >= 15 is 0 Å². The van der Waals surface area contributed by atoms with Crippen molar-refractivity contribution in [1.29, 1.82) is 0 Å². The van der Waals surface area contributed by atoms with E-state index in [0.717, 1.165) is 31.4 Å². The fourth-order valence-corrected chi connectivity index (χ4v) is 2.88. The third kappa shape index (κ3) is 4.58. The minimum Gasteiger partial charge on any atom is -0.463 e. The third-order valence-corrected chi connectivity index (χ3v) is 4.14.